The SMILES string of the molecule is CC(C)(C)c1ccc(-c2nnc3n2CN(c2c4c(nc5ccccc25)CCCC4)CS3)cc1. The predicted octanol–water partition coefficient (Wildman–Crippen LogP) is 6.20. The van der Waals surface area contributed by atoms with Gasteiger partial charge in [0.1, 0.15) is 0 Å². The van der Waals surface area contributed by atoms with Crippen LogP contribution in [0.1, 0.15) is 50.4 Å². The second-order valence-electron chi connectivity index (χ2n) is 10.1. The van der Waals surface area contributed by atoms with E-state index in [4.69, 9.17) is 4.98 Å². The van der Waals surface area contributed by atoms with E-state index in [1.807, 2.05) is 0 Å². The number of benzene rings is 2. The maximum Gasteiger partial charge on any atom is 0.194 e. The lowest BCUT2D eigenvalue weighted by atomic mass is 9.87. The van der Waals surface area contributed by atoms with Gasteiger partial charge in [0.15, 0.2) is 11.0 Å². The van der Waals surface area contributed by atoms with Crippen LogP contribution < -0.4 is 4.90 Å². The van der Waals surface area contributed by atoms with E-state index in [0.29, 0.717) is 0 Å². The van der Waals surface area contributed by atoms with Gasteiger partial charge in [0, 0.05) is 16.6 Å². The number of thioether (sulfide) groups is 1. The van der Waals surface area contributed by atoms with E-state index < -0.39 is 0 Å². The Kier molecular flexibility index (Phi) is 4.94. The molecule has 0 amide bonds. The number of aromatic nitrogens is 4. The summed E-state index contributed by atoms with van der Waals surface area (Å²) in [6, 6.07) is 17.4. The zero-order valence-electron chi connectivity index (χ0n) is 19.5. The summed E-state index contributed by atoms with van der Waals surface area (Å²) in [6.45, 7) is 7.49. The fourth-order valence-corrected chi connectivity index (χ4v) is 5.93. The molecule has 0 unspecified atom stereocenters. The van der Waals surface area contributed by atoms with Gasteiger partial charge in [-0.05, 0) is 48.3 Å². The van der Waals surface area contributed by atoms with Gasteiger partial charge in [0.2, 0.25) is 0 Å². The molecule has 3 heterocycles. The highest BCUT2D eigenvalue weighted by Gasteiger charge is 2.28. The summed E-state index contributed by atoms with van der Waals surface area (Å²) < 4.78 is 2.27. The molecule has 5 nitrogen and oxygen atoms in total. The number of fused-ring (bicyclic) bond motifs is 3. The van der Waals surface area contributed by atoms with Crippen molar-refractivity contribution in [2.24, 2.45) is 0 Å². The number of anilines is 1. The number of hydrogen-bond acceptors (Lipinski definition) is 5. The smallest absolute Gasteiger partial charge is 0.194 e. The third-order valence-electron chi connectivity index (χ3n) is 6.84. The lowest BCUT2D eigenvalue weighted by molar-refractivity contribution is 0.590. The van der Waals surface area contributed by atoms with E-state index in [2.05, 4.69) is 89.0 Å². The van der Waals surface area contributed by atoms with Crippen LogP contribution in [0.5, 0.6) is 0 Å². The van der Waals surface area contributed by atoms with Crippen molar-refractivity contribution in [3.05, 3.63) is 65.4 Å². The number of aryl methyl sites for hydroxylation is 1. The average molecular weight is 456 g/mol. The fraction of sp³-hybridized carbons (Fsp3) is 0.370. The van der Waals surface area contributed by atoms with Gasteiger partial charge in [-0.2, -0.15) is 0 Å². The van der Waals surface area contributed by atoms with Crippen molar-refractivity contribution < 1.29 is 0 Å². The molecule has 0 bridgehead atoms. The molecule has 0 saturated heterocycles. The zero-order chi connectivity index (χ0) is 22.6. The third-order valence-corrected chi connectivity index (χ3v) is 7.84. The van der Waals surface area contributed by atoms with Gasteiger partial charge >= 0.3 is 0 Å². The predicted molar refractivity (Wildman–Crippen MR) is 136 cm³/mol. The molecule has 1 aliphatic carbocycles. The summed E-state index contributed by atoms with van der Waals surface area (Å²) in [5.74, 6) is 1.82. The van der Waals surface area contributed by atoms with Crippen molar-refractivity contribution in [1.29, 1.82) is 0 Å². The highest BCUT2D eigenvalue weighted by atomic mass is 32.2. The standard InChI is InChI=1S/C27H29N5S/c1-27(2,3)19-14-12-18(13-15-19)25-29-30-26-32(25)16-31(17-33-26)24-20-8-4-6-10-22(20)28-23-11-7-5-9-21(23)24/h4,6,8,10,12-15H,5,7,9,11,16-17H2,1-3H3. The number of nitrogens with zero attached hydrogens (tertiary/aromatic N) is 5. The second kappa shape index (κ2) is 7.87. The van der Waals surface area contributed by atoms with Crippen molar-refractivity contribution in [2.75, 3.05) is 10.8 Å². The second-order valence-corrected chi connectivity index (χ2v) is 11.0. The largest absolute Gasteiger partial charge is 0.343 e. The molecule has 4 aromatic rings. The van der Waals surface area contributed by atoms with Crippen LogP contribution in [-0.4, -0.2) is 25.6 Å². The third kappa shape index (κ3) is 3.61. The molecule has 0 fully saturated rings. The number of para-hydroxylation sites is 1. The first-order chi connectivity index (χ1) is 16.0. The minimum absolute atomic E-state index is 0.136. The molecule has 33 heavy (non-hydrogen) atoms. The van der Waals surface area contributed by atoms with E-state index in [1.165, 1.54) is 40.7 Å². The molecule has 0 atom stereocenters. The maximum absolute atomic E-state index is 5.03. The van der Waals surface area contributed by atoms with Crippen LogP contribution >= 0.6 is 11.8 Å². The van der Waals surface area contributed by atoms with Gasteiger partial charge in [-0.15, -0.1) is 10.2 Å². The average Bonchev–Trinajstić information content (AvgIpc) is 3.25. The number of pyridine rings is 1. The van der Waals surface area contributed by atoms with Crippen molar-refractivity contribution in [3.8, 4) is 11.4 Å². The zero-order valence-corrected chi connectivity index (χ0v) is 20.3. The van der Waals surface area contributed by atoms with Gasteiger partial charge in [-0.1, -0.05) is 75.0 Å². The molecular formula is C27H29N5S. The van der Waals surface area contributed by atoms with Crippen LogP contribution in [0.3, 0.4) is 0 Å². The minimum atomic E-state index is 0.136. The van der Waals surface area contributed by atoms with E-state index in [9.17, 15) is 0 Å². The van der Waals surface area contributed by atoms with Crippen LogP contribution in [0.4, 0.5) is 5.69 Å². The van der Waals surface area contributed by atoms with Crippen LogP contribution in [-0.2, 0) is 24.9 Å². The summed E-state index contributed by atoms with van der Waals surface area (Å²) in [6.07, 6.45) is 4.67. The number of rotatable bonds is 2. The summed E-state index contributed by atoms with van der Waals surface area (Å²) in [5, 5.41) is 11.4. The van der Waals surface area contributed by atoms with E-state index in [-0.39, 0.29) is 5.41 Å². The molecule has 0 N–H and O–H groups in total. The molecule has 0 spiro atoms. The first-order valence-electron chi connectivity index (χ1n) is 11.8. The van der Waals surface area contributed by atoms with Crippen LogP contribution in [0.15, 0.2) is 53.7 Å². The summed E-state index contributed by atoms with van der Waals surface area (Å²) in [5.41, 5.74) is 7.76. The Morgan fingerprint density at radius 3 is 2.52 bits per heavy atom. The van der Waals surface area contributed by atoms with E-state index in [1.54, 1.807) is 11.8 Å². The van der Waals surface area contributed by atoms with Gasteiger partial charge in [-0.3, -0.25) is 9.55 Å². The van der Waals surface area contributed by atoms with Crippen molar-refractivity contribution in [1.82, 2.24) is 19.7 Å². The summed E-state index contributed by atoms with van der Waals surface area (Å²) in [7, 11) is 0. The molecule has 0 radical (unpaired) electrons. The topological polar surface area (TPSA) is 46.8 Å². The fourth-order valence-electron chi connectivity index (χ4n) is 5.05. The lowest BCUT2D eigenvalue weighted by Gasteiger charge is -2.34. The highest BCUT2D eigenvalue weighted by molar-refractivity contribution is 7.99. The van der Waals surface area contributed by atoms with Crippen molar-refractivity contribution >= 4 is 28.4 Å². The monoisotopic (exact) mass is 455 g/mol. The molecule has 6 rings (SSSR count). The molecule has 0 saturated carbocycles. The molecular weight excluding hydrogens is 426 g/mol. The summed E-state index contributed by atoms with van der Waals surface area (Å²) in [4.78, 5) is 7.54. The Labute approximate surface area is 199 Å². The first kappa shape index (κ1) is 20.7. The van der Waals surface area contributed by atoms with E-state index in [0.717, 1.165) is 47.4 Å². The minimum Gasteiger partial charge on any atom is -0.343 e. The first-order valence-corrected chi connectivity index (χ1v) is 12.8. The molecule has 168 valence electrons. The molecule has 2 aromatic heterocycles. The van der Waals surface area contributed by atoms with Gasteiger partial charge in [0.05, 0.1) is 23.7 Å². The molecule has 1 aliphatic heterocycles. The van der Waals surface area contributed by atoms with Gasteiger partial charge in [0.25, 0.3) is 0 Å². The van der Waals surface area contributed by atoms with Gasteiger partial charge in [-0.25, -0.2) is 0 Å². The Balaban J connectivity index is 1.41. The Morgan fingerprint density at radius 1 is 0.909 bits per heavy atom. The maximum atomic E-state index is 5.03. The van der Waals surface area contributed by atoms with Gasteiger partial charge < -0.3 is 4.90 Å². The van der Waals surface area contributed by atoms with Crippen LogP contribution in [0.2, 0.25) is 0 Å². The van der Waals surface area contributed by atoms with Crippen LogP contribution in [0, 0.1) is 0 Å². The van der Waals surface area contributed by atoms with Crippen LogP contribution in [0.25, 0.3) is 22.3 Å². The quantitative estimate of drug-likeness (QED) is 0.360. The molecule has 2 aliphatic rings. The van der Waals surface area contributed by atoms with E-state index >= 15 is 0 Å². The highest BCUT2D eigenvalue weighted by Crippen LogP contribution is 2.40. The van der Waals surface area contributed by atoms with Crippen molar-refractivity contribution in [3.63, 3.8) is 0 Å². The Hall–Kier alpha value is -2.86. The lowest BCUT2D eigenvalue weighted by Crippen LogP contribution is -2.32. The Bertz CT molecular complexity index is 1330. The normalized spacial score (nSPS) is 16.0. The number of hydrogen-bond donors (Lipinski definition) is 0. The molecule has 6 heteroatoms. The van der Waals surface area contributed by atoms with Crippen molar-refractivity contribution in [2.45, 2.75) is 63.7 Å². The Morgan fingerprint density at radius 2 is 1.70 bits per heavy atom. The molecule has 2 aromatic carbocycles. The summed E-state index contributed by atoms with van der Waals surface area (Å²) >= 11 is 1.77.